The van der Waals surface area contributed by atoms with Gasteiger partial charge in [0.15, 0.2) is 0 Å². The Morgan fingerprint density at radius 2 is 2.00 bits per heavy atom. The Hall–Kier alpha value is -1.16. The van der Waals surface area contributed by atoms with Crippen LogP contribution in [-0.2, 0) is 6.42 Å². The Kier molecular flexibility index (Phi) is 6.78. The van der Waals surface area contributed by atoms with Gasteiger partial charge in [0.25, 0.3) is 0 Å². The second kappa shape index (κ2) is 8.10. The highest BCUT2D eigenvalue weighted by atomic mass is 15.1. The molecule has 1 heterocycles. The topological polar surface area (TPSA) is 41.0 Å². The second-order valence-corrected chi connectivity index (χ2v) is 5.88. The average Bonchev–Trinajstić information content (AvgIpc) is 2.27. The molecule has 0 amide bonds. The van der Waals surface area contributed by atoms with Gasteiger partial charge in [-0.2, -0.15) is 0 Å². The van der Waals surface area contributed by atoms with Crippen molar-refractivity contribution >= 4 is 5.82 Å². The molecule has 0 aliphatic rings. The molecular weight excluding hydrogens is 236 g/mol. The monoisotopic (exact) mass is 264 g/mol. The summed E-state index contributed by atoms with van der Waals surface area (Å²) in [4.78, 5) is 10.8. The molecule has 1 atom stereocenters. The lowest BCUT2D eigenvalue weighted by Crippen LogP contribution is -2.33. The first-order valence-corrected chi connectivity index (χ1v) is 7.23. The molecule has 1 N–H and O–H groups in total. The SMILES string of the molecule is CCCc1cc(NC(CC(C)C)CN(C)C)ncn1. The molecule has 1 aromatic rings. The number of aryl methyl sites for hydroxylation is 1. The van der Waals surface area contributed by atoms with Crippen LogP contribution in [0, 0.1) is 5.92 Å². The van der Waals surface area contributed by atoms with Gasteiger partial charge in [0.05, 0.1) is 0 Å². The van der Waals surface area contributed by atoms with E-state index in [4.69, 9.17) is 0 Å². The minimum absolute atomic E-state index is 0.430. The van der Waals surface area contributed by atoms with Crippen molar-refractivity contribution in [2.45, 2.75) is 46.1 Å². The van der Waals surface area contributed by atoms with Gasteiger partial charge in [-0.25, -0.2) is 9.97 Å². The van der Waals surface area contributed by atoms with Crippen LogP contribution in [0.5, 0.6) is 0 Å². The number of aromatic nitrogens is 2. The van der Waals surface area contributed by atoms with E-state index in [1.54, 1.807) is 6.33 Å². The number of hydrogen-bond acceptors (Lipinski definition) is 4. The smallest absolute Gasteiger partial charge is 0.129 e. The minimum atomic E-state index is 0.430. The second-order valence-electron chi connectivity index (χ2n) is 5.88. The number of nitrogens with one attached hydrogen (secondary N) is 1. The minimum Gasteiger partial charge on any atom is -0.366 e. The molecule has 0 bridgehead atoms. The molecule has 108 valence electrons. The van der Waals surface area contributed by atoms with E-state index in [1.807, 2.05) is 0 Å². The van der Waals surface area contributed by atoms with E-state index >= 15 is 0 Å². The molecule has 0 saturated carbocycles. The first-order valence-electron chi connectivity index (χ1n) is 7.23. The molecule has 4 nitrogen and oxygen atoms in total. The highest BCUT2D eigenvalue weighted by molar-refractivity contribution is 5.36. The average molecular weight is 264 g/mol. The van der Waals surface area contributed by atoms with Crippen molar-refractivity contribution in [2.75, 3.05) is 26.0 Å². The Balaban J connectivity index is 2.68. The zero-order valence-electron chi connectivity index (χ0n) is 13.0. The first-order chi connectivity index (χ1) is 9.01. The number of likely N-dealkylation sites (N-methyl/N-ethyl adjacent to an activating group) is 1. The van der Waals surface area contributed by atoms with Crippen molar-refractivity contribution in [1.82, 2.24) is 14.9 Å². The zero-order chi connectivity index (χ0) is 14.3. The molecule has 4 heteroatoms. The Labute approximate surface area is 117 Å². The lowest BCUT2D eigenvalue weighted by molar-refractivity contribution is 0.356. The van der Waals surface area contributed by atoms with Gasteiger partial charge in [-0.1, -0.05) is 27.2 Å². The summed E-state index contributed by atoms with van der Waals surface area (Å²) in [6.07, 6.45) is 4.93. The summed E-state index contributed by atoms with van der Waals surface area (Å²) in [7, 11) is 4.22. The molecular formula is C15H28N4. The van der Waals surface area contributed by atoms with Crippen LogP contribution < -0.4 is 5.32 Å². The third kappa shape index (κ3) is 6.53. The van der Waals surface area contributed by atoms with Gasteiger partial charge in [-0.05, 0) is 32.9 Å². The summed E-state index contributed by atoms with van der Waals surface area (Å²) in [6.45, 7) is 7.70. The number of hydrogen-bond donors (Lipinski definition) is 1. The van der Waals surface area contributed by atoms with Crippen LogP contribution >= 0.6 is 0 Å². The predicted molar refractivity (Wildman–Crippen MR) is 81.4 cm³/mol. The summed E-state index contributed by atoms with van der Waals surface area (Å²) in [5.41, 5.74) is 1.12. The fourth-order valence-corrected chi connectivity index (χ4v) is 2.27. The van der Waals surface area contributed by atoms with E-state index in [-0.39, 0.29) is 0 Å². The summed E-state index contributed by atoms with van der Waals surface area (Å²) in [5, 5.41) is 3.55. The molecule has 0 fully saturated rings. The molecule has 19 heavy (non-hydrogen) atoms. The molecule has 0 spiro atoms. The maximum atomic E-state index is 4.34. The summed E-state index contributed by atoms with van der Waals surface area (Å²) >= 11 is 0. The lowest BCUT2D eigenvalue weighted by atomic mass is 10.0. The summed E-state index contributed by atoms with van der Waals surface area (Å²) in [5.74, 6) is 1.63. The van der Waals surface area contributed by atoms with E-state index in [1.165, 1.54) is 0 Å². The van der Waals surface area contributed by atoms with Crippen LogP contribution in [0.1, 0.15) is 39.3 Å². The quantitative estimate of drug-likeness (QED) is 0.784. The van der Waals surface area contributed by atoms with E-state index in [2.05, 4.69) is 61.1 Å². The highest BCUT2D eigenvalue weighted by Crippen LogP contribution is 2.13. The largest absolute Gasteiger partial charge is 0.366 e. The molecule has 0 radical (unpaired) electrons. The molecule has 0 aromatic carbocycles. The molecule has 1 aromatic heterocycles. The maximum absolute atomic E-state index is 4.34. The van der Waals surface area contributed by atoms with E-state index in [9.17, 15) is 0 Å². The summed E-state index contributed by atoms with van der Waals surface area (Å²) < 4.78 is 0. The number of nitrogens with zero attached hydrogens (tertiary/aromatic N) is 3. The van der Waals surface area contributed by atoms with Crippen molar-refractivity contribution in [3.63, 3.8) is 0 Å². The zero-order valence-corrected chi connectivity index (χ0v) is 13.0. The van der Waals surface area contributed by atoms with Crippen molar-refractivity contribution in [3.8, 4) is 0 Å². The van der Waals surface area contributed by atoms with Crippen molar-refractivity contribution in [1.29, 1.82) is 0 Å². The molecule has 0 aliphatic carbocycles. The van der Waals surface area contributed by atoms with Gasteiger partial charge in [0.1, 0.15) is 12.1 Å². The Morgan fingerprint density at radius 3 is 2.58 bits per heavy atom. The third-order valence-electron chi connectivity index (χ3n) is 2.92. The third-order valence-corrected chi connectivity index (χ3v) is 2.92. The lowest BCUT2D eigenvalue weighted by Gasteiger charge is -2.24. The standard InChI is InChI=1S/C15H28N4/c1-6-7-13-9-15(17-11-16-13)18-14(8-12(2)3)10-19(4)5/h9,11-12,14H,6-8,10H2,1-5H3,(H,16,17,18). The van der Waals surface area contributed by atoms with Crippen LogP contribution in [-0.4, -0.2) is 41.5 Å². The van der Waals surface area contributed by atoms with Crippen molar-refractivity contribution in [3.05, 3.63) is 18.1 Å². The normalized spacial score (nSPS) is 13.0. The van der Waals surface area contributed by atoms with Crippen LogP contribution in [0.2, 0.25) is 0 Å². The maximum Gasteiger partial charge on any atom is 0.129 e. The van der Waals surface area contributed by atoms with Crippen molar-refractivity contribution < 1.29 is 0 Å². The highest BCUT2D eigenvalue weighted by Gasteiger charge is 2.12. The van der Waals surface area contributed by atoms with Gasteiger partial charge >= 0.3 is 0 Å². The fraction of sp³-hybridized carbons (Fsp3) is 0.733. The Bertz CT molecular complexity index is 353. The molecule has 1 unspecified atom stereocenters. The molecule has 1 rings (SSSR count). The fourth-order valence-electron chi connectivity index (χ4n) is 2.27. The van der Waals surface area contributed by atoms with Crippen molar-refractivity contribution in [2.24, 2.45) is 5.92 Å². The van der Waals surface area contributed by atoms with E-state index < -0.39 is 0 Å². The van der Waals surface area contributed by atoms with Gasteiger partial charge in [0.2, 0.25) is 0 Å². The van der Waals surface area contributed by atoms with Crippen LogP contribution in [0.3, 0.4) is 0 Å². The van der Waals surface area contributed by atoms with Crippen LogP contribution in [0.4, 0.5) is 5.82 Å². The van der Waals surface area contributed by atoms with Gasteiger partial charge in [0, 0.05) is 24.3 Å². The van der Waals surface area contributed by atoms with Gasteiger partial charge < -0.3 is 10.2 Å². The van der Waals surface area contributed by atoms with Crippen LogP contribution in [0.15, 0.2) is 12.4 Å². The summed E-state index contributed by atoms with van der Waals surface area (Å²) in [6, 6.07) is 2.51. The molecule has 0 aliphatic heterocycles. The van der Waals surface area contributed by atoms with Gasteiger partial charge in [-0.15, -0.1) is 0 Å². The van der Waals surface area contributed by atoms with Crippen LogP contribution in [0.25, 0.3) is 0 Å². The predicted octanol–water partition coefficient (Wildman–Crippen LogP) is 2.82. The number of anilines is 1. The molecule has 0 saturated heterocycles. The first kappa shape index (κ1) is 15.9. The van der Waals surface area contributed by atoms with E-state index in [0.717, 1.165) is 37.3 Å². The number of rotatable bonds is 8. The Morgan fingerprint density at radius 1 is 1.26 bits per heavy atom. The van der Waals surface area contributed by atoms with E-state index in [0.29, 0.717) is 12.0 Å². The van der Waals surface area contributed by atoms with Gasteiger partial charge in [-0.3, -0.25) is 0 Å².